The average Bonchev–Trinajstić information content (AvgIpc) is 2.71. The molecule has 1 atom stereocenters. The molecule has 1 aromatic rings. The third kappa shape index (κ3) is 1.73. The van der Waals surface area contributed by atoms with Crippen molar-refractivity contribution in [2.45, 2.75) is 19.0 Å². The SMILES string of the molecule is N[C@H]1CCN(Cc2ccsc2)C1=O. The normalized spacial score (nSPS) is 22.7. The van der Waals surface area contributed by atoms with Crippen molar-refractivity contribution >= 4 is 17.2 Å². The molecule has 1 saturated heterocycles. The monoisotopic (exact) mass is 196 g/mol. The molecule has 0 aromatic carbocycles. The average molecular weight is 196 g/mol. The van der Waals surface area contributed by atoms with E-state index in [1.165, 1.54) is 5.56 Å². The summed E-state index contributed by atoms with van der Waals surface area (Å²) in [5.74, 6) is 0.0891. The number of nitrogens with two attached hydrogens (primary N) is 1. The van der Waals surface area contributed by atoms with E-state index in [4.69, 9.17) is 5.73 Å². The van der Waals surface area contributed by atoms with Crippen LogP contribution in [0.2, 0.25) is 0 Å². The van der Waals surface area contributed by atoms with Crippen LogP contribution in [0.5, 0.6) is 0 Å². The van der Waals surface area contributed by atoms with E-state index < -0.39 is 0 Å². The molecule has 0 radical (unpaired) electrons. The first-order valence-corrected chi connectivity index (χ1v) is 5.27. The second-order valence-corrected chi connectivity index (χ2v) is 4.07. The Morgan fingerprint density at radius 2 is 2.54 bits per heavy atom. The van der Waals surface area contributed by atoms with Gasteiger partial charge in [0.2, 0.25) is 5.91 Å². The van der Waals surface area contributed by atoms with Crippen molar-refractivity contribution in [3.05, 3.63) is 22.4 Å². The molecule has 1 aliphatic heterocycles. The van der Waals surface area contributed by atoms with E-state index >= 15 is 0 Å². The summed E-state index contributed by atoms with van der Waals surface area (Å²) in [6, 6.07) is 1.78. The van der Waals surface area contributed by atoms with E-state index in [2.05, 4.69) is 5.38 Å². The third-order valence-corrected chi connectivity index (χ3v) is 3.02. The molecule has 4 heteroatoms. The number of hydrogen-bond donors (Lipinski definition) is 1. The lowest BCUT2D eigenvalue weighted by atomic mass is 10.3. The second kappa shape index (κ2) is 3.47. The lowest BCUT2D eigenvalue weighted by Gasteiger charge is -2.14. The van der Waals surface area contributed by atoms with Gasteiger partial charge in [-0.2, -0.15) is 11.3 Å². The summed E-state index contributed by atoms with van der Waals surface area (Å²) in [7, 11) is 0. The molecule has 3 nitrogen and oxygen atoms in total. The van der Waals surface area contributed by atoms with Crippen LogP contribution in [-0.4, -0.2) is 23.4 Å². The third-order valence-electron chi connectivity index (χ3n) is 2.29. The van der Waals surface area contributed by atoms with Crippen LogP contribution < -0.4 is 5.73 Å². The molecule has 2 rings (SSSR count). The Morgan fingerprint density at radius 1 is 1.69 bits per heavy atom. The molecule has 13 heavy (non-hydrogen) atoms. The van der Waals surface area contributed by atoms with Crippen LogP contribution in [0.15, 0.2) is 16.8 Å². The molecule has 0 aliphatic carbocycles. The van der Waals surface area contributed by atoms with E-state index in [0.29, 0.717) is 0 Å². The molecule has 0 bridgehead atoms. The standard InChI is InChI=1S/C9H12N2OS/c10-8-1-3-11(9(8)12)5-7-2-4-13-6-7/h2,4,6,8H,1,3,5,10H2/t8-/m0/s1. The van der Waals surface area contributed by atoms with Gasteiger partial charge >= 0.3 is 0 Å². The Kier molecular flexibility index (Phi) is 2.33. The molecule has 2 N–H and O–H groups in total. The molecule has 1 aliphatic rings. The number of hydrogen-bond acceptors (Lipinski definition) is 3. The minimum Gasteiger partial charge on any atom is -0.337 e. The highest BCUT2D eigenvalue weighted by atomic mass is 32.1. The predicted molar refractivity (Wildman–Crippen MR) is 52.3 cm³/mol. The topological polar surface area (TPSA) is 46.3 Å². The van der Waals surface area contributed by atoms with Gasteiger partial charge in [0, 0.05) is 13.1 Å². The highest BCUT2D eigenvalue weighted by Gasteiger charge is 2.28. The second-order valence-electron chi connectivity index (χ2n) is 3.29. The first-order chi connectivity index (χ1) is 6.27. The molecule has 0 unspecified atom stereocenters. The van der Waals surface area contributed by atoms with Crippen LogP contribution in [0, 0.1) is 0 Å². The molecule has 1 aromatic heterocycles. The Balaban J connectivity index is 2.00. The smallest absolute Gasteiger partial charge is 0.239 e. The molecule has 0 spiro atoms. The van der Waals surface area contributed by atoms with Gasteiger partial charge in [-0.1, -0.05) is 0 Å². The van der Waals surface area contributed by atoms with Crippen molar-refractivity contribution in [3.8, 4) is 0 Å². The summed E-state index contributed by atoms with van der Waals surface area (Å²) < 4.78 is 0. The largest absolute Gasteiger partial charge is 0.337 e. The first-order valence-electron chi connectivity index (χ1n) is 4.33. The number of rotatable bonds is 2. The number of nitrogens with zero attached hydrogens (tertiary/aromatic N) is 1. The number of carbonyl (C=O) groups is 1. The fraction of sp³-hybridized carbons (Fsp3) is 0.444. The summed E-state index contributed by atoms with van der Waals surface area (Å²) in [5, 5.41) is 4.09. The molecule has 2 heterocycles. The molecular weight excluding hydrogens is 184 g/mol. The molecule has 0 saturated carbocycles. The van der Waals surface area contributed by atoms with Crippen molar-refractivity contribution in [3.63, 3.8) is 0 Å². The predicted octanol–water partition coefficient (Wildman–Crippen LogP) is 0.808. The maximum atomic E-state index is 11.4. The minimum atomic E-state index is -0.265. The maximum absolute atomic E-state index is 11.4. The van der Waals surface area contributed by atoms with E-state index in [1.54, 1.807) is 11.3 Å². The van der Waals surface area contributed by atoms with Gasteiger partial charge in [-0.25, -0.2) is 0 Å². The summed E-state index contributed by atoms with van der Waals surface area (Å²) in [4.78, 5) is 13.3. The number of likely N-dealkylation sites (tertiary alicyclic amines) is 1. The summed E-state index contributed by atoms with van der Waals surface area (Å²) in [6.45, 7) is 1.52. The number of thiophene rings is 1. The highest BCUT2D eigenvalue weighted by molar-refractivity contribution is 7.07. The lowest BCUT2D eigenvalue weighted by molar-refractivity contribution is -0.129. The maximum Gasteiger partial charge on any atom is 0.239 e. The Hall–Kier alpha value is -0.870. The van der Waals surface area contributed by atoms with Gasteiger partial charge in [0.1, 0.15) is 0 Å². The van der Waals surface area contributed by atoms with Gasteiger partial charge in [-0.05, 0) is 28.8 Å². The highest BCUT2D eigenvalue weighted by Crippen LogP contribution is 2.15. The first kappa shape index (κ1) is 8.72. The van der Waals surface area contributed by atoms with Crippen molar-refractivity contribution in [2.24, 2.45) is 5.73 Å². The minimum absolute atomic E-state index is 0.0891. The van der Waals surface area contributed by atoms with Crippen molar-refractivity contribution in [1.29, 1.82) is 0 Å². The van der Waals surface area contributed by atoms with Crippen LogP contribution >= 0.6 is 11.3 Å². The van der Waals surface area contributed by atoms with E-state index in [0.717, 1.165) is 19.5 Å². The zero-order valence-corrected chi connectivity index (χ0v) is 8.09. The van der Waals surface area contributed by atoms with Crippen LogP contribution in [-0.2, 0) is 11.3 Å². The Labute approximate surface area is 81.2 Å². The van der Waals surface area contributed by atoms with Crippen LogP contribution in [0.1, 0.15) is 12.0 Å². The molecule has 1 fully saturated rings. The van der Waals surface area contributed by atoms with Gasteiger partial charge < -0.3 is 10.6 Å². The van der Waals surface area contributed by atoms with E-state index in [1.807, 2.05) is 16.3 Å². The summed E-state index contributed by atoms with van der Waals surface area (Å²) in [6.07, 6.45) is 0.795. The number of carbonyl (C=O) groups excluding carboxylic acids is 1. The number of amides is 1. The molecule has 1 amide bonds. The summed E-state index contributed by atoms with van der Waals surface area (Å²) in [5.41, 5.74) is 6.81. The Bertz CT molecular complexity index is 297. The molecule has 70 valence electrons. The van der Waals surface area contributed by atoms with Gasteiger partial charge in [0.15, 0.2) is 0 Å². The zero-order valence-electron chi connectivity index (χ0n) is 7.27. The fourth-order valence-corrected chi connectivity index (χ4v) is 2.18. The van der Waals surface area contributed by atoms with Crippen molar-refractivity contribution in [2.75, 3.05) is 6.54 Å². The molecular formula is C9H12N2OS. The summed E-state index contributed by atoms with van der Waals surface area (Å²) >= 11 is 1.66. The van der Waals surface area contributed by atoms with E-state index in [-0.39, 0.29) is 11.9 Å². The van der Waals surface area contributed by atoms with Crippen molar-refractivity contribution < 1.29 is 4.79 Å². The van der Waals surface area contributed by atoms with Crippen LogP contribution in [0.3, 0.4) is 0 Å². The van der Waals surface area contributed by atoms with Crippen LogP contribution in [0.25, 0.3) is 0 Å². The van der Waals surface area contributed by atoms with Gasteiger partial charge in [0.05, 0.1) is 6.04 Å². The Morgan fingerprint density at radius 3 is 3.08 bits per heavy atom. The van der Waals surface area contributed by atoms with Crippen LogP contribution in [0.4, 0.5) is 0 Å². The van der Waals surface area contributed by atoms with Gasteiger partial charge in [0.25, 0.3) is 0 Å². The lowest BCUT2D eigenvalue weighted by Crippen LogP contribution is -2.33. The zero-order chi connectivity index (χ0) is 9.26. The van der Waals surface area contributed by atoms with E-state index in [9.17, 15) is 4.79 Å². The van der Waals surface area contributed by atoms with Crippen molar-refractivity contribution in [1.82, 2.24) is 4.90 Å². The quantitative estimate of drug-likeness (QED) is 0.760. The van der Waals surface area contributed by atoms with Gasteiger partial charge in [-0.15, -0.1) is 0 Å². The van der Waals surface area contributed by atoms with Gasteiger partial charge in [-0.3, -0.25) is 4.79 Å². The fourth-order valence-electron chi connectivity index (χ4n) is 1.52.